The van der Waals surface area contributed by atoms with Crippen molar-refractivity contribution in [2.24, 2.45) is 0 Å². The number of hydrogen-bond acceptors (Lipinski definition) is 4. The standard InChI is InChI=1S/C20H23N5/c1-4-5-11-18(17-9-7-6-8-10-17)21-19-12-13-20(23-22-19)25-16(3)14-15(2)24-25/h4,6-10,12-14,18H,1,5,11H2,2-3H3,(H,21,22). The second kappa shape index (κ2) is 7.75. The molecule has 1 atom stereocenters. The zero-order chi connectivity index (χ0) is 17.6. The molecule has 3 aromatic rings. The van der Waals surface area contributed by atoms with E-state index in [1.54, 1.807) is 4.68 Å². The SMILES string of the molecule is C=CCCC(Nc1ccc(-n2nc(C)cc2C)nn1)c1ccccc1. The van der Waals surface area contributed by atoms with Crippen LogP contribution >= 0.6 is 0 Å². The highest BCUT2D eigenvalue weighted by atomic mass is 15.4. The van der Waals surface area contributed by atoms with Gasteiger partial charge in [0.15, 0.2) is 5.82 Å². The molecule has 0 saturated carbocycles. The highest BCUT2D eigenvalue weighted by Crippen LogP contribution is 2.23. The minimum atomic E-state index is 0.174. The monoisotopic (exact) mass is 333 g/mol. The fraction of sp³-hybridized carbons (Fsp3) is 0.250. The fourth-order valence-electron chi connectivity index (χ4n) is 2.85. The molecule has 0 aliphatic carbocycles. The number of anilines is 1. The van der Waals surface area contributed by atoms with Crippen LogP contribution in [0.2, 0.25) is 0 Å². The van der Waals surface area contributed by atoms with Crippen LogP contribution in [0.5, 0.6) is 0 Å². The number of benzene rings is 1. The van der Waals surface area contributed by atoms with E-state index in [0.717, 1.165) is 35.9 Å². The van der Waals surface area contributed by atoms with E-state index in [9.17, 15) is 0 Å². The van der Waals surface area contributed by atoms with Gasteiger partial charge in [-0.3, -0.25) is 0 Å². The lowest BCUT2D eigenvalue weighted by atomic mass is 10.0. The topological polar surface area (TPSA) is 55.6 Å². The molecule has 1 N–H and O–H groups in total. The van der Waals surface area contributed by atoms with Gasteiger partial charge in [-0.2, -0.15) is 5.10 Å². The first-order valence-electron chi connectivity index (χ1n) is 8.47. The summed E-state index contributed by atoms with van der Waals surface area (Å²) in [5.74, 6) is 1.47. The third kappa shape index (κ3) is 4.12. The zero-order valence-electron chi connectivity index (χ0n) is 14.7. The van der Waals surface area contributed by atoms with Gasteiger partial charge in [-0.25, -0.2) is 4.68 Å². The lowest BCUT2D eigenvalue weighted by Gasteiger charge is -2.19. The Morgan fingerprint density at radius 1 is 1.12 bits per heavy atom. The van der Waals surface area contributed by atoms with Crippen molar-refractivity contribution in [3.63, 3.8) is 0 Å². The molecule has 0 amide bonds. The van der Waals surface area contributed by atoms with E-state index < -0.39 is 0 Å². The maximum Gasteiger partial charge on any atom is 0.176 e. The summed E-state index contributed by atoms with van der Waals surface area (Å²) in [6, 6.07) is 16.5. The van der Waals surface area contributed by atoms with Crippen LogP contribution in [0, 0.1) is 13.8 Å². The van der Waals surface area contributed by atoms with Crippen molar-refractivity contribution in [3.05, 3.63) is 78.1 Å². The van der Waals surface area contributed by atoms with Gasteiger partial charge >= 0.3 is 0 Å². The van der Waals surface area contributed by atoms with Crippen LogP contribution in [0.15, 0.2) is 61.2 Å². The molecule has 0 aliphatic rings. The second-order valence-electron chi connectivity index (χ2n) is 6.09. The number of nitrogens with zero attached hydrogens (tertiary/aromatic N) is 4. The summed E-state index contributed by atoms with van der Waals surface area (Å²) >= 11 is 0. The molecule has 0 aliphatic heterocycles. The molecular formula is C20H23N5. The Morgan fingerprint density at radius 3 is 2.52 bits per heavy atom. The first-order chi connectivity index (χ1) is 12.2. The van der Waals surface area contributed by atoms with Gasteiger partial charge in [0.2, 0.25) is 0 Å². The Bertz CT molecular complexity index is 821. The van der Waals surface area contributed by atoms with E-state index in [4.69, 9.17) is 0 Å². The maximum atomic E-state index is 4.44. The number of aryl methyl sites for hydroxylation is 2. The summed E-state index contributed by atoms with van der Waals surface area (Å²) in [6.45, 7) is 7.80. The summed E-state index contributed by atoms with van der Waals surface area (Å²) in [7, 11) is 0. The molecule has 2 heterocycles. The lowest BCUT2D eigenvalue weighted by molar-refractivity contribution is 0.696. The summed E-state index contributed by atoms with van der Waals surface area (Å²) in [6.07, 6.45) is 3.83. The zero-order valence-corrected chi connectivity index (χ0v) is 14.7. The van der Waals surface area contributed by atoms with Crippen molar-refractivity contribution >= 4 is 5.82 Å². The largest absolute Gasteiger partial charge is 0.362 e. The second-order valence-corrected chi connectivity index (χ2v) is 6.09. The minimum Gasteiger partial charge on any atom is -0.362 e. The molecule has 2 aromatic heterocycles. The Morgan fingerprint density at radius 2 is 1.92 bits per heavy atom. The average Bonchev–Trinajstić information content (AvgIpc) is 2.98. The van der Waals surface area contributed by atoms with Crippen LogP contribution in [-0.4, -0.2) is 20.0 Å². The Labute approximate surface area is 148 Å². The predicted molar refractivity (Wildman–Crippen MR) is 101 cm³/mol. The van der Waals surface area contributed by atoms with E-state index >= 15 is 0 Å². The van der Waals surface area contributed by atoms with Gasteiger partial charge in [0.25, 0.3) is 0 Å². The first kappa shape index (κ1) is 16.9. The summed E-state index contributed by atoms with van der Waals surface area (Å²) in [4.78, 5) is 0. The summed E-state index contributed by atoms with van der Waals surface area (Å²) < 4.78 is 1.80. The Hall–Kier alpha value is -2.95. The normalized spacial score (nSPS) is 11.9. The summed E-state index contributed by atoms with van der Waals surface area (Å²) in [5, 5.41) is 16.6. The van der Waals surface area contributed by atoms with Gasteiger partial charge in [0, 0.05) is 5.69 Å². The number of nitrogens with one attached hydrogen (secondary N) is 1. The number of aromatic nitrogens is 4. The van der Waals surface area contributed by atoms with Gasteiger partial charge in [0.05, 0.1) is 11.7 Å². The Kier molecular flexibility index (Phi) is 5.23. The van der Waals surface area contributed by atoms with Crippen molar-refractivity contribution in [2.45, 2.75) is 32.7 Å². The molecule has 1 aromatic carbocycles. The van der Waals surface area contributed by atoms with Crippen LogP contribution in [0.1, 0.15) is 35.8 Å². The van der Waals surface area contributed by atoms with Crippen LogP contribution in [0.25, 0.3) is 5.82 Å². The van der Waals surface area contributed by atoms with Crippen LogP contribution in [0.3, 0.4) is 0 Å². The van der Waals surface area contributed by atoms with Crippen LogP contribution < -0.4 is 5.32 Å². The number of hydrogen-bond donors (Lipinski definition) is 1. The van der Waals surface area contributed by atoms with E-state index in [2.05, 4.69) is 51.5 Å². The predicted octanol–water partition coefficient (Wildman–Crippen LogP) is 4.40. The van der Waals surface area contributed by atoms with Crippen LogP contribution in [0.4, 0.5) is 5.82 Å². The molecule has 128 valence electrons. The number of rotatable bonds is 7. The molecular weight excluding hydrogens is 310 g/mol. The molecule has 0 fully saturated rings. The molecule has 0 spiro atoms. The molecule has 0 bridgehead atoms. The molecule has 0 saturated heterocycles. The van der Waals surface area contributed by atoms with Gasteiger partial charge in [-0.15, -0.1) is 16.8 Å². The van der Waals surface area contributed by atoms with Crippen molar-refractivity contribution in [3.8, 4) is 5.82 Å². The van der Waals surface area contributed by atoms with E-state index in [0.29, 0.717) is 0 Å². The van der Waals surface area contributed by atoms with Gasteiger partial charge in [-0.05, 0) is 50.5 Å². The number of allylic oxidation sites excluding steroid dienone is 1. The van der Waals surface area contributed by atoms with Gasteiger partial charge < -0.3 is 5.32 Å². The van der Waals surface area contributed by atoms with Crippen molar-refractivity contribution < 1.29 is 0 Å². The lowest BCUT2D eigenvalue weighted by Crippen LogP contribution is -2.13. The van der Waals surface area contributed by atoms with Crippen molar-refractivity contribution in [1.29, 1.82) is 0 Å². The molecule has 5 nitrogen and oxygen atoms in total. The Balaban J connectivity index is 1.78. The van der Waals surface area contributed by atoms with E-state index in [-0.39, 0.29) is 6.04 Å². The maximum absolute atomic E-state index is 4.44. The third-order valence-corrected chi connectivity index (χ3v) is 4.06. The van der Waals surface area contributed by atoms with Crippen LogP contribution in [-0.2, 0) is 0 Å². The van der Waals surface area contributed by atoms with Crippen molar-refractivity contribution in [2.75, 3.05) is 5.32 Å². The highest BCUT2D eigenvalue weighted by molar-refractivity contribution is 5.40. The molecule has 1 unspecified atom stereocenters. The molecule has 5 heteroatoms. The van der Waals surface area contributed by atoms with E-state index in [1.165, 1.54) is 5.56 Å². The van der Waals surface area contributed by atoms with E-state index in [1.807, 2.05) is 44.2 Å². The smallest absolute Gasteiger partial charge is 0.176 e. The fourth-order valence-corrected chi connectivity index (χ4v) is 2.85. The molecule has 0 radical (unpaired) electrons. The van der Waals surface area contributed by atoms with Gasteiger partial charge in [0.1, 0.15) is 5.82 Å². The molecule has 25 heavy (non-hydrogen) atoms. The average molecular weight is 333 g/mol. The quantitative estimate of drug-likeness (QED) is 0.651. The minimum absolute atomic E-state index is 0.174. The molecule has 3 rings (SSSR count). The highest BCUT2D eigenvalue weighted by Gasteiger charge is 2.12. The summed E-state index contributed by atoms with van der Waals surface area (Å²) in [5.41, 5.74) is 3.24. The van der Waals surface area contributed by atoms with Gasteiger partial charge in [-0.1, -0.05) is 36.4 Å². The third-order valence-electron chi connectivity index (χ3n) is 4.06. The first-order valence-corrected chi connectivity index (χ1v) is 8.47. The van der Waals surface area contributed by atoms with Crippen molar-refractivity contribution in [1.82, 2.24) is 20.0 Å².